The third-order valence-electron chi connectivity index (χ3n) is 4.84. The highest BCUT2D eigenvalue weighted by atomic mass is 16.3. The number of rotatable bonds is 6. The maximum atomic E-state index is 9.65. The van der Waals surface area contributed by atoms with Crippen LogP contribution in [0.2, 0.25) is 0 Å². The van der Waals surface area contributed by atoms with Crippen LogP contribution in [0.25, 0.3) is 0 Å². The average molecular weight is 328 g/mol. The van der Waals surface area contributed by atoms with E-state index in [1.807, 2.05) is 13.8 Å². The molecule has 2 aromatic rings. The summed E-state index contributed by atoms with van der Waals surface area (Å²) in [6.07, 6.45) is 1.67. The van der Waals surface area contributed by atoms with Gasteiger partial charge in [-0.1, -0.05) is 24.3 Å². The summed E-state index contributed by atoms with van der Waals surface area (Å²) < 4.78 is 5.58. The van der Waals surface area contributed by atoms with E-state index in [0.29, 0.717) is 0 Å². The molecule has 0 unspecified atom stereocenters. The van der Waals surface area contributed by atoms with Gasteiger partial charge in [-0.15, -0.1) is 0 Å². The van der Waals surface area contributed by atoms with Crippen LogP contribution >= 0.6 is 0 Å². The lowest BCUT2D eigenvalue weighted by atomic mass is 10.0. The number of hydrogen-bond acceptors (Lipinski definition) is 4. The van der Waals surface area contributed by atoms with Gasteiger partial charge in [0.05, 0.1) is 6.10 Å². The van der Waals surface area contributed by atoms with Crippen LogP contribution in [-0.2, 0) is 19.6 Å². The van der Waals surface area contributed by atoms with Crippen molar-refractivity contribution in [3.63, 3.8) is 0 Å². The fraction of sp³-hybridized carbons (Fsp3) is 0.500. The molecule has 24 heavy (non-hydrogen) atoms. The second-order valence-corrected chi connectivity index (χ2v) is 6.82. The summed E-state index contributed by atoms with van der Waals surface area (Å²) in [6, 6.07) is 10.7. The van der Waals surface area contributed by atoms with Gasteiger partial charge in [-0.25, -0.2) is 0 Å². The molecule has 1 aliphatic heterocycles. The van der Waals surface area contributed by atoms with Crippen molar-refractivity contribution in [2.24, 2.45) is 0 Å². The molecule has 2 heterocycles. The van der Waals surface area contributed by atoms with Crippen LogP contribution in [0.4, 0.5) is 0 Å². The molecular weight excluding hydrogens is 300 g/mol. The molecule has 1 saturated heterocycles. The van der Waals surface area contributed by atoms with Gasteiger partial charge in [0.1, 0.15) is 11.5 Å². The lowest BCUT2D eigenvalue weighted by Gasteiger charge is -2.30. The van der Waals surface area contributed by atoms with Gasteiger partial charge in [-0.05, 0) is 43.9 Å². The number of aliphatic hydroxyl groups excluding tert-OH is 1. The Labute approximate surface area is 144 Å². The Morgan fingerprint density at radius 2 is 1.75 bits per heavy atom. The van der Waals surface area contributed by atoms with Crippen LogP contribution in [0, 0.1) is 13.8 Å². The molecule has 0 radical (unpaired) electrons. The third kappa shape index (κ3) is 4.47. The molecule has 0 bridgehead atoms. The summed E-state index contributed by atoms with van der Waals surface area (Å²) in [5.74, 6) is 1.97. The minimum atomic E-state index is -0.111. The molecule has 1 fully saturated rings. The smallest absolute Gasteiger partial charge is 0.105 e. The van der Waals surface area contributed by atoms with Crippen LogP contribution in [-0.4, -0.2) is 29.2 Å². The maximum Gasteiger partial charge on any atom is 0.105 e. The lowest BCUT2D eigenvalue weighted by Crippen LogP contribution is -2.35. The molecule has 1 aromatic carbocycles. The molecule has 1 aliphatic rings. The Morgan fingerprint density at radius 1 is 1.08 bits per heavy atom. The molecule has 4 heteroatoms. The largest absolute Gasteiger partial charge is 0.466 e. The lowest BCUT2D eigenvalue weighted by molar-refractivity contribution is 0.0791. The van der Waals surface area contributed by atoms with E-state index in [-0.39, 0.29) is 6.10 Å². The van der Waals surface area contributed by atoms with E-state index in [9.17, 15) is 5.11 Å². The zero-order chi connectivity index (χ0) is 16.9. The number of nitrogens with zero attached hydrogens (tertiary/aromatic N) is 1. The van der Waals surface area contributed by atoms with Crippen molar-refractivity contribution in [1.82, 2.24) is 10.2 Å². The van der Waals surface area contributed by atoms with Crippen LogP contribution in [0.5, 0.6) is 0 Å². The van der Waals surface area contributed by atoms with Gasteiger partial charge in [0.15, 0.2) is 0 Å². The number of nitrogens with one attached hydrogen (secondary N) is 1. The fourth-order valence-corrected chi connectivity index (χ4v) is 3.39. The van der Waals surface area contributed by atoms with E-state index in [1.165, 1.54) is 16.7 Å². The highest BCUT2D eigenvalue weighted by molar-refractivity contribution is 5.27. The third-order valence-corrected chi connectivity index (χ3v) is 4.84. The van der Waals surface area contributed by atoms with E-state index < -0.39 is 0 Å². The highest BCUT2D eigenvalue weighted by Crippen LogP contribution is 2.17. The van der Waals surface area contributed by atoms with Crippen molar-refractivity contribution in [2.75, 3.05) is 13.1 Å². The van der Waals surface area contributed by atoms with E-state index in [2.05, 4.69) is 40.5 Å². The molecule has 0 spiro atoms. The predicted octanol–water partition coefficient (Wildman–Crippen LogP) is 3.14. The molecule has 1 aromatic heterocycles. The minimum Gasteiger partial charge on any atom is -0.466 e. The summed E-state index contributed by atoms with van der Waals surface area (Å²) in [6.45, 7) is 8.62. The molecular formula is C20H28N2O2. The first-order valence-electron chi connectivity index (χ1n) is 8.85. The fourth-order valence-electron chi connectivity index (χ4n) is 3.39. The topological polar surface area (TPSA) is 48.6 Å². The Hall–Kier alpha value is -1.62. The van der Waals surface area contributed by atoms with Gasteiger partial charge in [0.25, 0.3) is 0 Å². The standard InChI is InChI=1S/C20H28N2O2/c1-15-11-19(16(2)24-15)13-21-12-17-5-3-4-6-18(17)14-22-9-7-20(23)8-10-22/h3-6,11,20-21,23H,7-10,12-14H2,1-2H3. The monoisotopic (exact) mass is 328 g/mol. The molecule has 3 rings (SSSR count). The van der Waals surface area contributed by atoms with Crippen molar-refractivity contribution in [3.8, 4) is 0 Å². The van der Waals surface area contributed by atoms with Crippen molar-refractivity contribution >= 4 is 0 Å². The van der Waals surface area contributed by atoms with Gasteiger partial charge in [-0.2, -0.15) is 0 Å². The second-order valence-electron chi connectivity index (χ2n) is 6.82. The first-order chi connectivity index (χ1) is 11.6. The van der Waals surface area contributed by atoms with E-state index >= 15 is 0 Å². The first-order valence-corrected chi connectivity index (χ1v) is 8.85. The Kier molecular flexibility index (Phi) is 5.72. The summed E-state index contributed by atoms with van der Waals surface area (Å²) in [4.78, 5) is 2.44. The van der Waals surface area contributed by atoms with Crippen LogP contribution in [0.1, 0.15) is 41.1 Å². The average Bonchev–Trinajstić information content (AvgIpc) is 2.89. The van der Waals surface area contributed by atoms with Crippen molar-refractivity contribution in [3.05, 3.63) is 58.5 Å². The van der Waals surface area contributed by atoms with Gasteiger partial charge in [0.2, 0.25) is 0 Å². The molecule has 0 saturated carbocycles. The summed E-state index contributed by atoms with van der Waals surface area (Å²) >= 11 is 0. The quantitative estimate of drug-likeness (QED) is 0.855. The first kappa shape index (κ1) is 17.2. The summed E-state index contributed by atoms with van der Waals surface area (Å²) in [7, 11) is 0. The number of aliphatic hydroxyl groups is 1. The number of aryl methyl sites for hydroxylation is 2. The molecule has 2 N–H and O–H groups in total. The molecule has 130 valence electrons. The van der Waals surface area contributed by atoms with E-state index in [0.717, 1.165) is 57.1 Å². The van der Waals surface area contributed by atoms with E-state index in [1.54, 1.807) is 0 Å². The van der Waals surface area contributed by atoms with Gasteiger partial charge in [-0.3, -0.25) is 4.90 Å². The Bertz CT molecular complexity index is 657. The SMILES string of the molecule is Cc1cc(CNCc2ccccc2CN2CCC(O)CC2)c(C)o1. The molecule has 0 aliphatic carbocycles. The van der Waals surface area contributed by atoms with Crippen molar-refractivity contribution in [1.29, 1.82) is 0 Å². The number of benzene rings is 1. The molecule has 4 nitrogen and oxygen atoms in total. The van der Waals surface area contributed by atoms with Crippen LogP contribution in [0.3, 0.4) is 0 Å². The van der Waals surface area contributed by atoms with Gasteiger partial charge in [0, 0.05) is 38.3 Å². The predicted molar refractivity (Wildman–Crippen MR) is 95.7 cm³/mol. The number of likely N-dealkylation sites (tertiary alicyclic amines) is 1. The zero-order valence-corrected chi connectivity index (χ0v) is 14.7. The highest BCUT2D eigenvalue weighted by Gasteiger charge is 2.17. The van der Waals surface area contributed by atoms with E-state index in [4.69, 9.17) is 4.42 Å². The van der Waals surface area contributed by atoms with Crippen molar-refractivity contribution in [2.45, 2.75) is 52.4 Å². The summed E-state index contributed by atoms with van der Waals surface area (Å²) in [5, 5.41) is 13.2. The molecule has 0 atom stereocenters. The van der Waals surface area contributed by atoms with Crippen molar-refractivity contribution < 1.29 is 9.52 Å². The number of furan rings is 1. The number of piperidine rings is 1. The van der Waals surface area contributed by atoms with Crippen LogP contribution < -0.4 is 5.32 Å². The zero-order valence-electron chi connectivity index (χ0n) is 14.7. The van der Waals surface area contributed by atoms with Gasteiger partial charge >= 0.3 is 0 Å². The molecule has 0 amide bonds. The minimum absolute atomic E-state index is 0.111. The number of hydrogen-bond donors (Lipinski definition) is 2. The second kappa shape index (κ2) is 7.97. The van der Waals surface area contributed by atoms with Crippen LogP contribution in [0.15, 0.2) is 34.7 Å². The Balaban J connectivity index is 1.56. The maximum absolute atomic E-state index is 9.65. The Morgan fingerprint density at radius 3 is 2.42 bits per heavy atom. The summed E-state index contributed by atoms with van der Waals surface area (Å²) in [5.41, 5.74) is 3.96. The normalized spacial score (nSPS) is 16.6. The van der Waals surface area contributed by atoms with Gasteiger partial charge < -0.3 is 14.8 Å².